The van der Waals surface area contributed by atoms with Gasteiger partial charge < -0.3 is 10.3 Å². The summed E-state index contributed by atoms with van der Waals surface area (Å²) in [4.78, 5) is 4.01. The second kappa shape index (κ2) is 4.30. The van der Waals surface area contributed by atoms with Crippen LogP contribution in [0.15, 0.2) is 24.7 Å². The Balaban J connectivity index is 2.51. The normalized spacial score (nSPS) is 12.8. The van der Waals surface area contributed by atoms with Crippen LogP contribution >= 0.6 is 0 Å². The maximum Gasteiger partial charge on any atom is 0.128 e. The fourth-order valence-corrected chi connectivity index (χ4v) is 2.14. The summed E-state index contributed by atoms with van der Waals surface area (Å²) in [7, 11) is 1.85. The number of aryl methyl sites for hydroxylation is 3. The number of nitrogens with zero attached hydrogens (tertiary/aromatic N) is 2. The van der Waals surface area contributed by atoms with Crippen LogP contribution in [0.5, 0.6) is 0 Å². The molecule has 2 rings (SSSR count). The summed E-state index contributed by atoms with van der Waals surface area (Å²) in [5.41, 5.74) is 9.23. The molecule has 4 heteroatoms. The van der Waals surface area contributed by atoms with Gasteiger partial charge >= 0.3 is 0 Å². The monoisotopic (exact) mass is 233 g/mol. The molecule has 0 aliphatic heterocycles. The third-order valence-corrected chi connectivity index (χ3v) is 2.96. The Morgan fingerprint density at radius 2 is 2.06 bits per heavy atom. The molecular formula is C13H16FN3. The minimum atomic E-state index is -0.483. The average Bonchev–Trinajstić information content (AvgIpc) is 2.62. The molecule has 90 valence electrons. The lowest BCUT2D eigenvalue weighted by atomic mass is 9.97. The summed E-state index contributed by atoms with van der Waals surface area (Å²) in [5, 5.41) is 0. The first-order valence-electron chi connectivity index (χ1n) is 5.49. The first-order valence-corrected chi connectivity index (χ1v) is 5.49. The van der Waals surface area contributed by atoms with Crippen LogP contribution in [0.4, 0.5) is 4.39 Å². The summed E-state index contributed by atoms with van der Waals surface area (Å²) in [6, 6.07) is 2.97. The second-order valence-electron chi connectivity index (χ2n) is 4.38. The SMILES string of the molecule is Cc1cc(C)c(C(N)c2cncn2C)c(F)c1. The maximum atomic E-state index is 14.0. The van der Waals surface area contributed by atoms with Crippen LogP contribution in [0.3, 0.4) is 0 Å². The summed E-state index contributed by atoms with van der Waals surface area (Å²) < 4.78 is 15.8. The quantitative estimate of drug-likeness (QED) is 0.864. The standard InChI is InChI=1S/C13H16FN3/c1-8-4-9(2)12(10(14)5-8)13(15)11-6-16-7-17(11)3/h4-7,13H,15H2,1-3H3. The zero-order valence-electron chi connectivity index (χ0n) is 10.2. The predicted molar refractivity (Wildman–Crippen MR) is 65.1 cm³/mol. The molecule has 3 nitrogen and oxygen atoms in total. The van der Waals surface area contributed by atoms with Gasteiger partial charge in [-0.25, -0.2) is 9.37 Å². The van der Waals surface area contributed by atoms with E-state index < -0.39 is 6.04 Å². The van der Waals surface area contributed by atoms with Crippen LogP contribution < -0.4 is 5.73 Å². The Morgan fingerprint density at radius 1 is 1.35 bits per heavy atom. The van der Waals surface area contributed by atoms with Gasteiger partial charge in [-0.15, -0.1) is 0 Å². The van der Waals surface area contributed by atoms with Crippen molar-refractivity contribution in [2.24, 2.45) is 12.8 Å². The van der Waals surface area contributed by atoms with E-state index in [1.165, 1.54) is 6.07 Å². The molecule has 1 aromatic carbocycles. The van der Waals surface area contributed by atoms with E-state index in [9.17, 15) is 4.39 Å². The minimum Gasteiger partial charge on any atom is -0.336 e. The van der Waals surface area contributed by atoms with E-state index in [1.807, 2.05) is 31.5 Å². The highest BCUT2D eigenvalue weighted by Gasteiger charge is 2.18. The molecule has 17 heavy (non-hydrogen) atoms. The van der Waals surface area contributed by atoms with Gasteiger partial charge in [0.2, 0.25) is 0 Å². The van der Waals surface area contributed by atoms with Crippen molar-refractivity contribution >= 4 is 0 Å². The first-order chi connectivity index (χ1) is 8.00. The van der Waals surface area contributed by atoms with Crippen molar-refractivity contribution in [2.75, 3.05) is 0 Å². The Labute approximate surface area is 100 Å². The Hall–Kier alpha value is -1.68. The molecule has 0 aliphatic rings. The predicted octanol–water partition coefficient (Wildman–Crippen LogP) is 2.22. The fraction of sp³-hybridized carbons (Fsp3) is 0.308. The van der Waals surface area contributed by atoms with Crippen molar-refractivity contribution < 1.29 is 4.39 Å². The number of nitrogens with two attached hydrogens (primary N) is 1. The smallest absolute Gasteiger partial charge is 0.128 e. The zero-order chi connectivity index (χ0) is 12.6. The highest BCUT2D eigenvalue weighted by atomic mass is 19.1. The first kappa shape index (κ1) is 11.8. The molecule has 1 atom stereocenters. The topological polar surface area (TPSA) is 43.8 Å². The molecule has 0 saturated heterocycles. The molecule has 1 heterocycles. The van der Waals surface area contributed by atoms with Crippen molar-refractivity contribution in [3.05, 3.63) is 52.9 Å². The van der Waals surface area contributed by atoms with Gasteiger partial charge in [-0.3, -0.25) is 0 Å². The van der Waals surface area contributed by atoms with Gasteiger partial charge in [0.15, 0.2) is 0 Å². The fourth-order valence-electron chi connectivity index (χ4n) is 2.14. The maximum absolute atomic E-state index is 14.0. The lowest BCUT2D eigenvalue weighted by molar-refractivity contribution is 0.589. The Kier molecular flexibility index (Phi) is 2.98. The molecular weight excluding hydrogens is 217 g/mol. The van der Waals surface area contributed by atoms with Gasteiger partial charge in [0.25, 0.3) is 0 Å². The van der Waals surface area contributed by atoms with Crippen LogP contribution in [0.25, 0.3) is 0 Å². The van der Waals surface area contributed by atoms with Gasteiger partial charge in [0.1, 0.15) is 5.82 Å². The number of aromatic nitrogens is 2. The number of rotatable bonds is 2. The van der Waals surface area contributed by atoms with Crippen molar-refractivity contribution in [3.8, 4) is 0 Å². The van der Waals surface area contributed by atoms with Crippen LogP contribution in [-0.4, -0.2) is 9.55 Å². The minimum absolute atomic E-state index is 0.254. The Bertz CT molecular complexity index is 522. The molecule has 0 bridgehead atoms. The average molecular weight is 233 g/mol. The molecule has 0 spiro atoms. The molecule has 2 N–H and O–H groups in total. The van der Waals surface area contributed by atoms with Crippen molar-refractivity contribution in [1.82, 2.24) is 9.55 Å². The van der Waals surface area contributed by atoms with E-state index >= 15 is 0 Å². The molecule has 1 unspecified atom stereocenters. The molecule has 2 aromatic rings. The summed E-state index contributed by atoms with van der Waals surface area (Å²) in [6.07, 6.45) is 3.33. The highest BCUT2D eigenvalue weighted by Crippen LogP contribution is 2.25. The highest BCUT2D eigenvalue weighted by molar-refractivity contribution is 5.37. The zero-order valence-corrected chi connectivity index (χ0v) is 10.2. The van der Waals surface area contributed by atoms with Gasteiger partial charge in [0.05, 0.1) is 24.3 Å². The van der Waals surface area contributed by atoms with Crippen molar-refractivity contribution in [3.63, 3.8) is 0 Å². The number of benzene rings is 1. The van der Waals surface area contributed by atoms with Crippen molar-refractivity contribution in [1.29, 1.82) is 0 Å². The van der Waals surface area contributed by atoms with E-state index in [-0.39, 0.29) is 5.82 Å². The summed E-state index contributed by atoms with van der Waals surface area (Å²) in [6.45, 7) is 3.75. The number of halogens is 1. The number of hydrogen-bond acceptors (Lipinski definition) is 2. The van der Waals surface area contributed by atoms with E-state index in [0.29, 0.717) is 5.56 Å². The third kappa shape index (κ3) is 2.08. The Morgan fingerprint density at radius 3 is 2.59 bits per heavy atom. The van der Waals surface area contributed by atoms with E-state index in [1.54, 1.807) is 12.5 Å². The van der Waals surface area contributed by atoms with Crippen LogP contribution in [-0.2, 0) is 7.05 Å². The molecule has 1 aromatic heterocycles. The van der Waals surface area contributed by atoms with E-state index in [2.05, 4.69) is 4.98 Å². The van der Waals surface area contributed by atoms with Crippen LogP contribution in [0.1, 0.15) is 28.4 Å². The largest absolute Gasteiger partial charge is 0.336 e. The lowest BCUT2D eigenvalue weighted by Gasteiger charge is -2.16. The molecule has 0 fully saturated rings. The van der Waals surface area contributed by atoms with Gasteiger partial charge in [0, 0.05) is 12.6 Å². The second-order valence-corrected chi connectivity index (χ2v) is 4.38. The van der Waals surface area contributed by atoms with Gasteiger partial charge in [-0.05, 0) is 31.0 Å². The third-order valence-electron chi connectivity index (χ3n) is 2.96. The molecule has 0 saturated carbocycles. The molecule has 0 aliphatic carbocycles. The summed E-state index contributed by atoms with van der Waals surface area (Å²) in [5.74, 6) is -0.254. The van der Waals surface area contributed by atoms with E-state index in [0.717, 1.165) is 16.8 Å². The van der Waals surface area contributed by atoms with Gasteiger partial charge in [-0.2, -0.15) is 0 Å². The molecule has 0 radical (unpaired) electrons. The number of hydrogen-bond donors (Lipinski definition) is 1. The summed E-state index contributed by atoms with van der Waals surface area (Å²) >= 11 is 0. The van der Waals surface area contributed by atoms with Crippen LogP contribution in [0, 0.1) is 19.7 Å². The lowest BCUT2D eigenvalue weighted by Crippen LogP contribution is -2.18. The van der Waals surface area contributed by atoms with Crippen LogP contribution in [0.2, 0.25) is 0 Å². The van der Waals surface area contributed by atoms with Gasteiger partial charge in [-0.1, -0.05) is 6.07 Å². The van der Waals surface area contributed by atoms with E-state index in [4.69, 9.17) is 5.73 Å². The van der Waals surface area contributed by atoms with Crippen molar-refractivity contribution in [2.45, 2.75) is 19.9 Å². The molecule has 0 amide bonds. The number of imidazole rings is 1.